The molecule has 8 heteroatoms. The van der Waals surface area contributed by atoms with Crippen molar-refractivity contribution in [1.29, 1.82) is 0 Å². The van der Waals surface area contributed by atoms with Crippen LogP contribution in [0.3, 0.4) is 0 Å². The van der Waals surface area contributed by atoms with Crippen molar-refractivity contribution in [1.82, 2.24) is 4.90 Å². The number of nitrogens with zero attached hydrogens (tertiary/aromatic N) is 1. The van der Waals surface area contributed by atoms with Gasteiger partial charge >= 0.3 is 0 Å². The van der Waals surface area contributed by atoms with Crippen molar-refractivity contribution in [3.05, 3.63) is 52.1 Å². The van der Waals surface area contributed by atoms with Gasteiger partial charge in [-0.1, -0.05) is 11.6 Å². The van der Waals surface area contributed by atoms with Gasteiger partial charge in [-0.05, 0) is 31.8 Å². The lowest BCUT2D eigenvalue weighted by Crippen LogP contribution is -2.39. The molecule has 5 rings (SSSR count). The van der Waals surface area contributed by atoms with Crippen LogP contribution in [0.2, 0.25) is 0 Å². The number of imide groups is 1. The normalized spacial score (nSPS) is 28.3. The highest BCUT2D eigenvalue weighted by atomic mass is 16.5. The lowest BCUT2D eigenvalue weighted by molar-refractivity contribution is -0.138. The Morgan fingerprint density at radius 3 is 2.44 bits per heavy atom. The largest absolute Gasteiger partial charge is 0.507 e. The van der Waals surface area contributed by atoms with Gasteiger partial charge in [0, 0.05) is 47.4 Å². The van der Waals surface area contributed by atoms with Crippen LogP contribution in [0.15, 0.2) is 46.6 Å². The molecule has 34 heavy (non-hydrogen) atoms. The van der Waals surface area contributed by atoms with Gasteiger partial charge in [-0.3, -0.25) is 24.1 Å². The summed E-state index contributed by atoms with van der Waals surface area (Å²) < 4.78 is 10.8. The molecule has 1 heterocycles. The van der Waals surface area contributed by atoms with Gasteiger partial charge in [-0.15, -0.1) is 0 Å². The maximum Gasteiger partial charge on any atom is 0.233 e. The van der Waals surface area contributed by atoms with Gasteiger partial charge in [0.1, 0.15) is 17.2 Å². The van der Waals surface area contributed by atoms with Crippen LogP contribution in [-0.2, 0) is 19.2 Å². The number of ether oxygens (including phenoxy) is 2. The highest BCUT2D eigenvalue weighted by Crippen LogP contribution is 2.57. The Balaban J connectivity index is 1.77. The fourth-order valence-corrected chi connectivity index (χ4v) is 6.01. The first-order valence-corrected chi connectivity index (χ1v) is 11.2. The van der Waals surface area contributed by atoms with Crippen LogP contribution in [0, 0.1) is 17.8 Å². The summed E-state index contributed by atoms with van der Waals surface area (Å²) >= 11 is 0. The Hall–Kier alpha value is -3.68. The molecule has 4 atom stereocenters. The van der Waals surface area contributed by atoms with Crippen LogP contribution in [0.4, 0.5) is 0 Å². The molecule has 0 radical (unpaired) electrons. The molecule has 0 bridgehead atoms. The number of phenols is 1. The van der Waals surface area contributed by atoms with E-state index in [9.17, 15) is 24.3 Å². The van der Waals surface area contributed by atoms with Crippen LogP contribution in [0.1, 0.15) is 31.2 Å². The fourth-order valence-electron chi connectivity index (χ4n) is 6.01. The molecule has 176 valence electrons. The molecule has 1 aromatic rings. The zero-order valence-electron chi connectivity index (χ0n) is 19.4. The number of rotatable bonds is 3. The summed E-state index contributed by atoms with van der Waals surface area (Å²) in [7, 11) is 4.39. The molecule has 1 N–H and O–H groups in total. The van der Waals surface area contributed by atoms with Crippen molar-refractivity contribution >= 4 is 23.4 Å². The summed E-state index contributed by atoms with van der Waals surface area (Å²) in [6.07, 6.45) is 3.77. The van der Waals surface area contributed by atoms with E-state index in [4.69, 9.17) is 9.47 Å². The summed E-state index contributed by atoms with van der Waals surface area (Å²) in [4.78, 5) is 53.5. The van der Waals surface area contributed by atoms with E-state index >= 15 is 0 Å². The zero-order chi connectivity index (χ0) is 24.5. The van der Waals surface area contributed by atoms with Crippen LogP contribution in [0.25, 0.3) is 0 Å². The van der Waals surface area contributed by atoms with Gasteiger partial charge in [0.2, 0.25) is 11.8 Å². The average Bonchev–Trinajstić information content (AvgIpc) is 3.05. The number of phenolic OH excluding ortho intramolecular Hbond substituents is 1. The minimum Gasteiger partial charge on any atom is -0.507 e. The van der Waals surface area contributed by atoms with Crippen LogP contribution >= 0.6 is 0 Å². The van der Waals surface area contributed by atoms with E-state index in [2.05, 4.69) is 0 Å². The number of carbonyl (C=O) groups is 4. The van der Waals surface area contributed by atoms with E-state index in [1.54, 1.807) is 13.0 Å². The molecule has 2 amide bonds. The third kappa shape index (κ3) is 2.90. The first-order chi connectivity index (χ1) is 16.2. The van der Waals surface area contributed by atoms with Gasteiger partial charge in [0.15, 0.2) is 11.6 Å². The van der Waals surface area contributed by atoms with Crippen molar-refractivity contribution in [3.8, 4) is 17.2 Å². The molecule has 3 aliphatic carbocycles. The molecule has 0 aromatic heterocycles. The number of likely N-dealkylation sites (tertiary alicyclic amines) is 1. The monoisotopic (exact) mass is 463 g/mol. The third-order valence-electron chi connectivity index (χ3n) is 7.62. The Morgan fingerprint density at radius 2 is 1.76 bits per heavy atom. The number of fused-ring (bicyclic) bond motifs is 3. The number of aromatic hydroxyl groups is 1. The summed E-state index contributed by atoms with van der Waals surface area (Å²) in [5, 5.41) is 11.1. The molecule has 1 saturated heterocycles. The Bertz CT molecular complexity index is 1270. The molecule has 0 unspecified atom stereocenters. The van der Waals surface area contributed by atoms with E-state index in [1.807, 2.05) is 6.08 Å². The number of ketones is 2. The SMILES string of the molecule is COc1cc(O)c([C@H]2C3=CC[C@@H]4C(=O)N(C)C(=O)[C@@H]4[C@@H]3CC3=C2C(=O)C(C)=CC3=O)c(OC)c1. The Labute approximate surface area is 196 Å². The smallest absolute Gasteiger partial charge is 0.233 e. The second-order valence-corrected chi connectivity index (χ2v) is 9.23. The molecular formula is C26H25NO7. The maximum absolute atomic E-state index is 13.4. The highest BCUT2D eigenvalue weighted by molar-refractivity contribution is 6.24. The molecule has 0 spiro atoms. The Kier molecular flexibility index (Phi) is 5.00. The molecule has 8 nitrogen and oxygen atoms in total. The number of amides is 2. The Morgan fingerprint density at radius 1 is 1.03 bits per heavy atom. The summed E-state index contributed by atoms with van der Waals surface area (Å²) in [6, 6.07) is 3.05. The lowest BCUT2D eigenvalue weighted by Gasteiger charge is -2.42. The topological polar surface area (TPSA) is 110 Å². The van der Waals surface area contributed by atoms with Crippen molar-refractivity contribution in [2.24, 2.45) is 17.8 Å². The predicted molar refractivity (Wildman–Crippen MR) is 120 cm³/mol. The number of benzene rings is 1. The van der Waals surface area contributed by atoms with E-state index in [-0.39, 0.29) is 35.6 Å². The second-order valence-electron chi connectivity index (χ2n) is 9.23. The quantitative estimate of drug-likeness (QED) is 0.417. The number of methoxy groups -OCH3 is 2. The summed E-state index contributed by atoms with van der Waals surface area (Å²) in [5.74, 6) is -2.87. The predicted octanol–water partition coefficient (Wildman–Crippen LogP) is 2.47. The molecule has 1 aliphatic heterocycles. The highest BCUT2D eigenvalue weighted by Gasteiger charge is 2.55. The standard InChI is InChI=1S/C26H25NO7/c1-11-7-17(28)16-10-15-13(5-6-14-20(15)26(32)27(2)25(14)31)21(22(16)24(11)30)23-18(29)8-12(33-3)9-19(23)34-4/h5,7-9,14-15,20-21,29H,6,10H2,1-4H3/t14-,15+,20-,21-/m0/s1. The number of hydrogen-bond acceptors (Lipinski definition) is 7. The van der Waals surface area contributed by atoms with Gasteiger partial charge in [0.05, 0.1) is 26.1 Å². The van der Waals surface area contributed by atoms with Crippen LogP contribution < -0.4 is 9.47 Å². The van der Waals surface area contributed by atoms with Crippen molar-refractivity contribution in [3.63, 3.8) is 0 Å². The van der Waals surface area contributed by atoms with Crippen LogP contribution in [0.5, 0.6) is 17.2 Å². The number of carbonyl (C=O) groups excluding carboxylic acids is 4. The van der Waals surface area contributed by atoms with Gasteiger partial charge < -0.3 is 14.6 Å². The lowest BCUT2D eigenvalue weighted by atomic mass is 9.59. The molecule has 1 aromatic carbocycles. The first-order valence-electron chi connectivity index (χ1n) is 11.2. The average molecular weight is 463 g/mol. The summed E-state index contributed by atoms with van der Waals surface area (Å²) in [5.41, 5.74) is 2.04. The summed E-state index contributed by atoms with van der Waals surface area (Å²) in [6.45, 7) is 1.59. The minimum atomic E-state index is -0.788. The number of allylic oxidation sites excluding steroid dienone is 6. The second kappa shape index (κ2) is 7.68. The molecule has 4 aliphatic rings. The van der Waals surface area contributed by atoms with Crippen LogP contribution in [-0.4, -0.2) is 54.7 Å². The molecule has 1 fully saturated rings. The van der Waals surface area contributed by atoms with Gasteiger partial charge in [-0.2, -0.15) is 0 Å². The van der Waals surface area contributed by atoms with Crippen molar-refractivity contribution in [2.45, 2.75) is 25.7 Å². The van der Waals surface area contributed by atoms with E-state index in [0.717, 1.165) is 10.5 Å². The third-order valence-corrected chi connectivity index (χ3v) is 7.62. The number of Topliss-reactive ketones (excluding diaryl/α,β-unsaturated/α-hetero) is 1. The maximum atomic E-state index is 13.4. The van der Waals surface area contributed by atoms with Gasteiger partial charge in [-0.25, -0.2) is 0 Å². The molecular weight excluding hydrogens is 438 g/mol. The van der Waals surface area contributed by atoms with E-state index in [1.165, 1.54) is 33.4 Å². The number of hydrogen-bond donors (Lipinski definition) is 1. The van der Waals surface area contributed by atoms with Crippen molar-refractivity contribution < 1.29 is 33.8 Å². The van der Waals surface area contributed by atoms with E-state index in [0.29, 0.717) is 40.2 Å². The zero-order valence-corrected chi connectivity index (χ0v) is 19.4. The van der Waals surface area contributed by atoms with Gasteiger partial charge in [0.25, 0.3) is 0 Å². The van der Waals surface area contributed by atoms with Crippen molar-refractivity contribution in [2.75, 3.05) is 21.3 Å². The molecule has 0 saturated carbocycles. The van der Waals surface area contributed by atoms with E-state index < -0.39 is 23.7 Å². The fraction of sp³-hybridized carbons (Fsp3) is 0.385. The minimum absolute atomic E-state index is 0.143. The first kappa shape index (κ1) is 22.1.